The molecule has 3 aromatic rings. The number of ether oxygens (including phenoxy) is 1. The largest absolute Gasteiger partial charge is 0.473 e. The lowest BCUT2D eigenvalue weighted by Gasteiger charge is -2.14. The van der Waals surface area contributed by atoms with E-state index in [0.717, 1.165) is 12.8 Å². The number of halogens is 5. The van der Waals surface area contributed by atoms with E-state index in [-0.39, 0.29) is 24.1 Å². The lowest BCUT2D eigenvalue weighted by atomic mass is 10.0. The molecule has 2 heterocycles. The molecule has 0 amide bonds. The third kappa shape index (κ3) is 4.06. The smallest absolute Gasteiger partial charge is 0.435 e. The van der Waals surface area contributed by atoms with Gasteiger partial charge in [-0.2, -0.15) is 13.2 Å². The molecule has 10 heteroatoms. The summed E-state index contributed by atoms with van der Waals surface area (Å²) in [5.41, 5.74) is 0.312. The van der Waals surface area contributed by atoms with Crippen molar-refractivity contribution in [3.05, 3.63) is 57.4 Å². The number of aromatic nitrogens is 2. The first-order valence-corrected chi connectivity index (χ1v) is 9.86. The second-order valence-corrected chi connectivity index (χ2v) is 7.64. The molecule has 1 aromatic carbocycles. The highest BCUT2D eigenvalue weighted by Gasteiger charge is 2.36. The number of hydrogen-bond acceptors (Lipinski definition) is 5. The van der Waals surface area contributed by atoms with Gasteiger partial charge in [0.25, 0.3) is 0 Å². The molecule has 0 unspecified atom stereocenters. The summed E-state index contributed by atoms with van der Waals surface area (Å²) in [4.78, 5) is 3.63. The van der Waals surface area contributed by atoms with Crippen molar-refractivity contribution >= 4 is 28.9 Å². The Bertz CT molecular complexity index is 1060. The minimum atomic E-state index is -4.62. The van der Waals surface area contributed by atoms with Crippen molar-refractivity contribution in [1.82, 2.24) is 10.1 Å². The van der Waals surface area contributed by atoms with Crippen molar-refractivity contribution in [2.75, 3.05) is 12.4 Å². The molecule has 1 aliphatic rings. The summed E-state index contributed by atoms with van der Waals surface area (Å²) < 4.78 is 51.0. The highest BCUT2D eigenvalue weighted by Crippen LogP contribution is 2.46. The molecule has 0 spiro atoms. The van der Waals surface area contributed by atoms with E-state index >= 15 is 0 Å². The second kappa shape index (κ2) is 8.00. The molecule has 1 N–H and O–H groups in total. The van der Waals surface area contributed by atoms with Crippen LogP contribution in [-0.4, -0.2) is 17.2 Å². The molecule has 1 saturated carbocycles. The molecule has 0 aliphatic heterocycles. The van der Waals surface area contributed by atoms with Crippen LogP contribution < -0.4 is 10.1 Å². The van der Waals surface area contributed by atoms with Gasteiger partial charge in [-0.05, 0) is 31.0 Å². The maximum absolute atomic E-state index is 13.3. The molecule has 30 heavy (non-hydrogen) atoms. The highest BCUT2D eigenvalue weighted by molar-refractivity contribution is 6.39. The summed E-state index contributed by atoms with van der Waals surface area (Å²) >= 11 is 12.6. The summed E-state index contributed by atoms with van der Waals surface area (Å²) in [6, 6.07) is 7.69. The summed E-state index contributed by atoms with van der Waals surface area (Å²) in [6.45, 7) is -0.0879. The fraction of sp³-hybridized carbons (Fsp3) is 0.300. The van der Waals surface area contributed by atoms with Gasteiger partial charge in [0.05, 0.1) is 21.3 Å². The van der Waals surface area contributed by atoms with Gasteiger partial charge in [0.2, 0.25) is 5.88 Å². The molecular formula is C20H16Cl2F3N3O2. The van der Waals surface area contributed by atoms with Gasteiger partial charge < -0.3 is 14.6 Å². The summed E-state index contributed by atoms with van der Waals surface area (Å²) in [7, 11) is 1.39. The van der Waals surface area contributed by atoms with Gasteiger partial charge in [-0.25, -0.2) is 4.98 Å². The second-order valence-electron chi connectivity index (χ2n) is 6.83. The Morgan fingerprint density at radius 2 is 1.87 bits per heavy atom. The molecule has 5 nitrogen and oxygen atoms in total. The van der Waals surface area contributed by atoms with Crippen LogP contribution in [-0.2, 0) is 12.8 Å². The summed E-state index contributed by atoms with van der Waals surface area (Å²) in [6.07, 6.45) is -2.75. The van der Waals surface area contributed by atoms with Crippen molar-refractivity contribution < 1.29 is 22.4 Å². The van der Waals surface area contributed by atoms with Gasteiger partial charge in [-0.3, -0.25) is 0 Å². The van der Waals surface area contributed by atoms with Gasteiger partial charge in [0.15, 0.2) is 5.69 Å². The van der Waals surface area contributed by atoms with Crippen molar-refractivity contribution in [1.29, 1.82) is 0 Å². The minimum Gasteiger partial charge on any atom is -0.473 e. The van der Waals surface area contributed by atoms with Crippen LogP contribution in [0.1, 0.15) is 35.8 Å². The average molecular weight is 458 g/mol. The van der Waals surface area contributed by atoms with Crippen LogP contribution in [0.3, 0.4) is 0 Å². The fourth-order valence-corrected chi connectivity index (χ4v) is 3.71. The van der Waals surface area contributed by atoms with E-state index in [1.54, 1.807) is 18.2 Å². The Labute approximate surface area is 180 Å². The van der Waals surface area contributed by atoms with Crippen LogP contribution in [0.25, 0.3) is 11.3 Å². The lowest BCUT2D eigenvalue weighted by molar-refractivity contribution is -0.140. The van der Waals surface area contributed by atoms with E-state index in [2.05, 4.69) is 15.5 Å². The van der Waals surface area contributed by atoms with E-state index in [9.17, 15) is 13.2 Å². The number of benzene rings is 1. The number of alkyl halides is 3. The highest BCUT2D eigenvalue weighted by atomic mass is 35.5. The first-order chi connectivity index (χ1) is 14.3. The SMILES string of the molecule is CNc1ccc(OCc2c(-c3c(Cl)cccc3Cl)noc2C2CC2)nc1C(F)(F)F. The van der Waals surface area contributed by atoms with Gasteiger partial charge in [-0.15, -0.1) is 0 Å². The topological polar surface area (TPSA) is 60.2 Å². The van der Waals surface area contributed by atoms with E-state index in [1.165, 1.54) is 19.2 Å². The molecular weight excluding hydrogens is 442 g/mol. The van der Waals surface area contributed by atoms with Gasteiger partial charge in [-0.1, -0.05) is 34.4 Å². The van der Waals surface area contributed by atoms with Crippen LogP contribution in [0.5, 0.6) is 5.88 Å². The monoisotopic (exact) mass is 457 g/mol. The molecule has 0 saturated heterocycles. The first kappa shape index (κ1) is 20.8. The van der Waals surface area contributed by atoms with Crippen LogP contribution in [0, 0.1) is 0 Å². The first-order valence-electron chi connectivity index (χ1n) is 9.11. The van der Waals surface area contributed by atoms with Crippen molar-refractivity contribution in [2.24, 2.45) is 0 Å². The van der Waals surface area contributed by atoms with Crippen molar-refractivity contribution in [3.63, 3.8) is 0 Å². The Balaban J connectivity index is 1.68. The quantitative estimate of drug-likeness (QED) is 0.454. The third-order valence-corrected chi connectivity index (χ3v) is 5.37. The Morgan fingerprint density at radius 3 is 2.47 bits per heavy atom. The van der Waals surface area contributed by atoms with Crippen molar-refractivity contribution in [3.8, 4) is 17.1 Å². The standard InChI is InChI=1S/C20H16Cl2F3N3O2/c1-26-14-7-8-15(27-19(14)20(23,24)25)29-9-11-17(28-30-18(11)10-5-6-10)16-12(21)3-2-4-13(16)22/h2-4,7-8,10,26H,5-6,9H2,1H3. The van der Waals surface area contributed by atoms with Crippen LogP contribution in [0.4, 0.5) is 18.9 Å². The third-order valence-electron chi connectivity index (χ3n) is 4.74. The fourth-order valence-electron chi connectivity index (χ4n) is 3.13. The molecule has 0 bridgehead atoms. The molecule has 0 atom stereocenters. The number of pyridine rings is 1. The molecule has 1 fully saturated rings. The lowest BCUT2D eigenvalue weighted by Crippen LogP contribution is -2.12. The summed E-state index contributed by atoms with van der Waals surface area (Å²) in [5.74, 6) is 0.654. The normalized spacial score (nSPS) is 14.1. The van der Waals surface area contributed by atoms with Gasteiger partial charge in [0, 0.05) is 24.6 Å². The van der Waals surface area contributed by atoms with Crippen LogP contribution >= 0.6 is 23.2 Å². The molecule has 0 radical (unpaired) electrons. The van der Waals surface area contributed by atoms with Gasteiger partial charge >= 0.3 is 6.18 Å². The zero-order valence-electron chi connectivity index (χ0n) is 15.7. The number of nitrogens with zero attached hydrogens (tertiary/aromatic N) is 2. The minimum absolute atomic E-state index is 0.0879. The van der Waals surface area contributed by atoms with E-state index in [4.69, 9.17) is 32.5 Å². The zero-order chi connectivity index (χ0) is 21.5. The molecule has 4 rings (SSSR count). The van der Waals surface area contributed by atoms with Crippen LogP contribution in [0.15, 0.2) is 34.9 Å². The zero-order valence-corrected chi connectivity index (χ0v) is 17.2. The molecule has 158 valence electrons. The Kier molecular flexibility index (Phi) is 5.55. The summed E-state index contributed by atoms with van der Waals surface area (Å²) in [5, 5.41) is 7.38. The predicted octanol–water partition coefficient (Wildman–Crippen LogP) is 6.56. The maximum atomic E-state index is 13.3. The Morgan fingerprint density at radius 1 is 1.17 bits per heavy atom. The van der Waals surface area contributed by atoms with E-state index in [1.807, 2.05) is 0 Å². The number of anilines is 1. The van der Waals surface area contributed by atoms with E-state index in [0.29, 0.717) is 32.6 Å². The van der Waals surface area contributed by atoms with Crippen LogP contribution in [0.2, 0.25) is 10.0 Å². The number of hydrogen-bond donors (Lipinski definition) is 1. The number of nitrogens with one attached hydrogen (secondary N) is 1. The van der Waals surface area contributed by atoms with Gasteiger partial charge in [0.1, 0.15) is 18.1 Å². The van der Waals surface area contributed by atoms with E-state index < -0.39 is 11.9 Å². The predicted molar refractivity (Wildman–Crippen MR) is 107 cm³/mol. The number of rotatable bonds is 6. The molecule has 2 aromatic heterocycles. The molecule has 1 aliphatic carbocycles. The Hall–Kier alpha value is -2.45. The average Bonchev–Trinajstić information content (AvgIpc) is 3.46. The maximum Gasteiger partial charge on any atom is 0.435 e. The van der Waals surface area contributed by atoms with Crippen molar-refractivity contribution in [2.45, 2.75) is 31.5 Å².